The number of hydrogen-bond acceptors (Lipinski definition) is 8. The largest absolute Gasteiger partial charge is 0.461 e. The van der Waals surface area contributed by atoms with Crippen molar-refractivity contribution in [2.75, 3.05) is 6.54 Å². The lowest BCUT2D eigenvalue weighted by Gasteiger charge is -2.07. The molecule has 3 rings (SSSR count). The molecule has 0 aliphatic heterocycles. The van der Waals surface area contributed by atoms with E-state index < -0.39 is 17.6 Å². The fraction of sp³-hybridized carbons (Fsp3) is 0.250. The van der Waals surface area contributed by atoms with Crippen molar-refractivity contribution in [3.63, 3.8) is 0 Å². The van der Waals surface area contributed by atoms with E-state index in [0.717, 1.165) is 5.56 Å². The second-order valence-corrected chi connectivity index (χ2v) is 7.29. The Labute approximate surface area is 224 Å². The summed E-state index contributed by atoms with van der Waals surface area (Å²) in [5.74, 6) is -0.947. The van der Waals surface area contributed by atoms with E-state index in [1.165, 1.54) is 13.0 Å². The van der Waals surface area contributed by atoms with Gasteiger partial charge in [0.05, 0.1) is 23.0 Å². The molecule has 3 aromatic rings. The number of nitrogens with zero attached hydrogens (tertiary/aromatic N) is 1. The summed E-state index contributed by atoms with van der Waals surface area (Å²) in [5, 5.41) is 0.506. The summed E-state index contributed by atoms with van der Waals surface area (Å²) < 4.78 is 19.2. The highest BCUT2D eigenvalue weighted by Gasteiger charge is 2.16. The van der Waals surface area contributed by atoms with Crippen LogP contribution in [0.25, 0.3) is 11.0 Å². The summed E-state index contributed by atoms with van der Waals surface area (Å²) in [6, 6.07) is 13.1. The number of aliphatic imine (C=N–C) groups is 1. The summed E-state index contributed by atoms with van der Waals surface area (Å²) >= 11 is 1.57. The van der Waals surface area contributed by atoms with Gasteiger partial charge in [0.15, 0.2) is 5.96 Å². The predicted molar refractivity (Wildman–Crippen MR) is 146 cm³/mol. The van der Waals surface area contributed by atoms with Crippen molar-refractivity contribution in [1.82, 2.24) is 0 Å². The summed E-state index contributed by atoms with van der Waals surface area (Å²) in [4.78, 5) is 39.6. The van der Waals surface area contributed by atoms with Crippen LogP contribution >= 0.6 is 23.0 Å². The zero-order valence-corrected chi connectivity index (χ0v) is 22.3. The molecule has 10 nitrogen and oxygen atoms in total. The topological polar surface area (TPSA) is 156 Å². The molecular weight excluding hydrogens is 580 g/mol. The highest BCUT2D eigenvalue weighted by Crippen LogP contribution is 2.19. The quantitative estimate of drug-likeness (QED) is 0.0782. The number of carbonyl (C=O) groups excluding carboxylic acids is 2. The smallest absolute Gasteiger partial charge is 0.351 e. The molecule has 1 aromatic heterocycles. The van der Waals surface area contributed by atoms with Gasteiger partial charge >= 0.3 is 25.6 Å². The number of fused-ring (bicyclic) bond motifs is 1. The van der Waals surface area contributed by atoms with Gasteiger partial charge < -0.3 is 28.3 Å². The molecule has 0 bridgehead atoms. The molecule has 4 N–H and O–H groups in total. The third-order valence-corrected chi connectivity index (χ3v) is 4.29. The molecule has 0 saturated carbocycles. The highest BCUT2D eigenvalue weighted by molar-refractivity contribution is 14.1. The van der Waals surface area contributed by atoms with Crippen LogP contribution in [-0.2, 0) is 25.5 Å². The maximum atomic E-state index is 12.5. The molecule has 190 valence electrons. The van der Waals surface area contributed by atoms with Gasteiger partial charge in [-0.25, -0.2) is 9.59 Å². The Kier molecular flexibility index (Phi) is 13.9. The van der Waals surface area contributed by atoms with Crippen molar-refractivity contribution in [3.8, 4) is 5.75 Å². The Balaban J connectivity index is 0.00000120. The lowest BCUT2D eigenvalue weighted by molar-refractivity contribution is -0.142. The van der Waals surface area contributed by atoms with Crippen molar-refractivity contribution < 1.29 is 26.5 Å². The van der Waals surface area contributed by atoms with Crippen LogP contribution in [0.5, 0.6) is 5.75 Å². The van der Waals surface area contributed by atoms with Crippen molar-refractivity contribution in [2.45, 2.75) is 33.8 Å². The van der Waals surface area contributed by atoms with Crippen molar-refractivity contribution in [2.24, 2.45) is 16.5 Å². The fourth-order valence-electron chi connectivity index (χ4n) is 2.79. The van der Waals surface area contributed by atoms with Crippen LogP contribution in [0.15, 0.2) is 62.7 Å². The molecule has 36 heavy (non-hydrogen) atoms. The molecule has 2 radical (unpaired) electrons. The molecule has 0 amide bonds. The van der Waals surface area contributed by atoms with Gasteiger partial charge in [-0.15, -0.1) is 0 Å². The molecular formula is C24H27BIN3O7. The Morgan fingerprint density at radius 1 is 1.06 bits per heavy atom. The number of hydrogen-bond donors (Lipinski definition) is 2. The fourth-order valence-corrected chi connectivity index (χ4v) is 2.79. The van der Waals surface area contributed by atoms with Gasteiger partial charge in [0, 0.05) is 18.9 Å². The molecule has 0 fully saturated rings. The average molecular weight is 607 g/mol. The van der Waals surface area contributed by atoms with Gasteiger partial charge in [-0.05, 0) is 47.9 Å². The van der Waals surface area contributed by atoms with E-state index in [1.807, 2.05) is 13.8 Å². The van der Waals surface area contributed by atoms with Gasteiger partial charge in [0.25, 0.3) is 0 Å². The lowest BCUT2D eigenvalue weighted by atomic mass is 10.1. The molecule has 0 saturated heterocycles. The average Bonchev–Trinajstić information content (AvgIpc) is 2.85. The van der Waals surface area contributed by atoms with E-state index in [9.17, 15) is 14.4 Å². The molecule has 0 aliphatic carbocycles. The van der Waals surface area contributed by atoms with Crippen LogP contribution in [0, 0.1) is 0 Å². The number of benzene rings is 2. The van der Waals surface area contributed by atoms with Crippen molar-refractivity contribution >= 4 is 59.9 Å². The summed E-state index contributed by atoms with van der Waals surface area (Å²) in [5.41, 5.74) is 11.5. The SMILES string of the molecule is CC.CC(=O)OCc1ccc2oc(=O)c(C(=O)Oc3ccc(CCN=C(N)N)cc3)cc2c1.[B]OI. The number of halogens is 1. The standard InChI is InChI=1S/C22H21N3O6.C2H6.BIO/c1-13(26)29-12-15-4-7-19-16(10-15)11-18(21(28)31-19)20(27)30-17-5-2-14(3-6-17)8-9-25-22(23)24;1-2;1-3-2/h2-7,10-11H,8-9,12H2,1H3,(H4,23,24,25);1-2H3;. The first-order chi connectivity index (χ1) is 17.2. The maximum Gasteiger partial charge on any atom is 0.351 e. The molecule has 0 aliphatic rings. The minimum atomic E-state index is -0.839. The van der Waals surface area contributed by atoms with Crippen LogP contribution in [0.1, 0.15) is 42.3 Å². The van der Waals surface area contributed by atoms with E-state index in [2.05, 4.69) is 16.0 Å². The highest BCUT2D eigenvalue weighted by atomic mass is 127. The first-order valence-corrected chi connectivity index (χ1v) is 11.7. The Morgan fingerprint density at radius 3 is 2.25 bits per heavy atom. The van der Waals surface area contributed by atoms with Gasteiger partial charge in [-0.2, -0.15) is 0 Å². The second kappa shape index (κ2) is 16.3. The first-order valence-electron chi connectivity index (χ1n) is 10.8. The van der Waals surface area contributed by atoms with Crippen LogP contribution in [-0.4, -0.2) is 32.5 Å². The predicted octanol–water partition coefficient (Wildman–Crippen LogP) is 3.35. The minimum Gasteiger partial charge on any atom is -0.461 e. The van der Waals surface area contributed by atoms with E-state index >= 15 is 0 Å². The molecule has 0 unspecified atom stereocenters. The maximum absolute atomic E-state index is 12.5. The van der Waals surface area contributed by atoms with Crippen LogP contribution < -0.4 is 21.8 Å². The number of rotatable bonds is 7. The number of guanidine groups is 1. The minimum absolute atomic E-state index is 0.0262. The number of ether oxygens (including phenoxy) is 2. The number of nitrogens with two attached hydrogens (primary N) is 2. The normalized spacial score (nSPS) is 9.67. The Hall–Kier alpha value is -3.39. The summed E-state index contributed by atoms with van der Waals surface area (Å²) in [7, 11) is 4.33. The molecule has 12 heteroatoms. The first kappa shape index (κ1) is 30.6. The lowest BCUT2D eigenvalue weighted by Crippen LogP contribution is -2.23. The molecule has 0 spiro atoms. The zero-order chi connectivity index (χ0) is 27.1. The Bertz CT molecular complexity index is 1230. The third kappa shape index (κ3) is 10.5. The van der Waals surface area contributed by atoms with Crippen LogP contribution in [0.3, 0.4) is 0 Å². The van der Waals surface area contributed by atoms with Crippen molar-refractivity contribution in [3.05, 3.63) is 75.6 Å². The van der Waals surface area contributed by atoms with Gasteiger partial charge in [0.1, 0.15) is 23.5 Å². The van der Waals surface area contributed by atoms with Gasteiger partial charge in [-0.1, -0.05) is 32.0 Å². The van der Waals surface area contributed by atoms with E-state index in [4.69, 9.17) is 25.4 Å². The second-order valence-electron chi connectivity index (χ2n) is 6.78. The summed E-state index contributed by atoms with van der Waals surface area (Å²) in [6.45, 7) is 5.82. The molecule has 2 aromatic carbocycles. The number of esters is 2. The van der Waals surface area contributed by atoms with E-state index in [0.29, 0.717) is 29.5 Å². The van der Waals surface area contributed by atoms with Crippen LogP contribution in [0.2, 0.25) is 0 Å². The van der Waals surface area contributed by atoms with Gasteiger partial charge in [0.2, 0.25) is 0 Å². The molecule has 0 atom stereocenters. The molecule has 1 heterocycles. The Morgan fingerprint density at radius 2 is 1.67 bits per heavy atom. The third-order valence-electron chi connectivity index (χ3n) is 4.29. The van der Waals surface area contributed by atoms with Crippen molar-refractivity contribution in [1.29, 1.82) is 0 Å². The van der Waals surface area contributed by atoms with Gasteiger partial charge in [-0.3, -0.25) is 9.79 Å². The van der Waals surface area contributed by atoms with E-state index in [1.54, 1.807) is 65.5 Å². The monoisotopic (exact) mass is 607 g/mol. The van der Waals surface area contributed by atoms with E-state index in [-0.39, 0.29) is 23.9 Å². The number of carbonyl (C=O) groups is 2. The van der Waals surface area contributed by atoms with Crippen LogP contribution in [0.4, 0.5) is 0 Å². The summed E-state index contributed by atoms with van der Waals surface area (Å²) in [6.07, 6.45) is 0.621. The zero-order valence-electron chi connectivity index (χ0n) is 20.2.